The van der Waals surface area contributed by atoms with Gasteiger partial charge in [0.1, 0.15) is 5.76 Å². The van der Waals surface area contributed by atoms with Crippen LogP contribution in [0.25, 0.3) is 0 Å². The van der Waals surface area contributed by atoms with Gasteiger partial charge in [-0.2, -0.15) is 0 Å². The maximum absolute atomic E-state index is 11.5. The molecule has 26 heavy (non-hydrogen) atoms. The Hall–Kier alpha value is -1.29. The molecule has 1 aliphatic rings. The summed E-state index contributed by atoms with van der Waals surface area (Å²) in [6.45, 7) is 7.90. The van der Waals surface area contributed by atoms with Crippen LogP contribution < -0.4 is 16.0 Å². The number of aliphatic imine (C=N–C) groups is 1. The minimum atomic E-state index is 0. The summed E-state index contributed by atoms with van der Waals surface area (Å²) in [5.74, 6) is 1.78. The Kier molecular flexibility index (Phi) is 10.6. The fourth-order valence-electron chi connectivity index (χ4n) is 2.93. The van der Waals surface area contributed by atoms with E-state index in [0.29, 0.717) is 13.1 Å². The van der Waals surface area contributed by atoms with E-state index in [0.717, 1.165) is 31.4 Å². The average Bonchev–Trinajstić information content (AvgIpc) is 3.30. The van der Waals surface area contributed by atoms with E-state index in [4.69, 9.17) is 4.42 Å². The van der Waals surface area contributed by atoms with Gasteiger partial charge in [0.15, 0.2) is 5.96 Å². The minimum Gasteiger partial charge on any atom is -0.468 e. The Labute approximate surface area is 173 Å². The number of rotatable bonds is 8. The van der Waals surface area contributed by atoms with Crippen molar-refractivity contribution in [2.45, 2.75) is 32.7 Å². The third-order valence-corrected chi connectivity index (χ3v) is 4.38. The number of carbonyl (C=O) groups is 1. The molecule has 1 aromatic rings. The highest BCUT2D eigenvalue weighted by Crippen LogP contribution is 2.24. The van der Waals surface area contributed by atoms with E-state index in [1.165, 1.54) is 12.8 Å². The molecule has 2 rings (SSSR count). The van der Waals surface area contributed by atoms with Crippen molar-refractivity contribution in [2.75, 3.05) is 39.8 Å². The molecular formula is C18H32IN5O2. The number of nitrogens with one attached hydrogen (secondary N) is 3. The van der Waals surface area contributed by atoms with Gasteiger partial charge in [-0.3, -0.25) is 14.7 Å². The zero-order valence-electron chi connectivity index (χ0n) is 16.0. The predicted molar refractivity (Wildman–Crippen MR) is 115 cm³/mol. The lowest BCUT2D eigenvalue weighted by Gasteiger charge is -2.26. The van der Waals surface area contributed by atoms with Gasteiger partial charge in [-0.15, -0.1) is 24.0 Å². The average molecular weight is 477 g/mol. The van der Waals surface area contributed by atoms with Crippen LogP contribution >= 0.6 is 24.0 Å². The van der Waals surface area contributed by atoms with Gasteiger partial charge in [0.2, 0.25) is 5.91 Å². The summed E-state index contributed by atoms with van der Waals surface area (Å²) in [5.41, 5.74) is 0. The summed E-state index contributed by atoms with van der Waals surface area (Å²) >= 11 is 0. The zero-order chi connectivity index (χ0) is 18.1. The van der Waals surface area contributed by atoms with Crippen LogP contribution in [-0.4, -0.2) is 56.5 Å². The standard InChI is InChI=1S/C18H31N5O2.HI/c1-14(2)17(24)20-8-9-21-18(19-3)22-13-15(16-7-6-12-25-16)23-10-4-5-11-23;/h6-7,12,14-15H,4-5,8-11,13H2,1-3H3,(H,20,24)(H2,19,21,22);1H. The van der Waals surface area contributed by atoms with Gasteiger partial charge >= 0.3 is 0 Å². The zero-order valence-corrected chi connectivity index (χ0v) is 18.3. The van der Waals surface area contributed by atoms with Gasteiger partial charge in [-0.05, 0) is 38.1 Å². The van der Waals surface area contributed by atoms with Crippen LogP contribution in [0.15, 0.2) is 27.8 Å². The fraction of sp³-hybridized carbons (Fsp3) is 0.667. The van der Waals surface area contributed by atoms with Crippen LogP contribution in [0, 0.1) is 5.92 Å². The van der Waals surface area contributed by atoms with Crippen LogP contribution in [0.1, 0.15) is 38.5 Å². The number of nitrogens with zero attached hydrogens (tertiary/aromatic N) is 2. The maximum atomic E-state index is 11.5. The first-order valence-electron chi connectivity index (χ1n) is 9.11. The smallest absolute Gasteiger partial charge is 0.222 e. The maximum Gasteiger partial charge on any atom is 0.222 e. The molecule has 0 spiro atoms. The van der Waals surface area contributed by atoms with Crippen molar-refractivity contribution < 1.29 is 9.21 Å². The van der Waals surface area contributed by atoms with E-state index in [-0.39, 0.29) is 41.8 Å². The number of hydrogen-bond donors (Lipinski definition) is 3. The molecule has 0 aliphatic carbocycles. The largest absolute Gasteiger partial charge is 0.468 e. The molecule has 0 bridgehead atoms. The van der Waals surface area contributed by atoms with Crippen molar-refractivity contribution in [3.63, 3.8) is 0 Å². The molecule has 1 unspecified atom stereocenters. The molecular weight excluding hydrogens is 445 g/mol. The van der Waals surface area contributed by atoms with E-state index in [2.05, 4.69) is 25.8 Å². The highest BCUT2D eigenvalue weighted by molar-refractivity contribution is 14.0. The second kappa shape index (κ2) is 12.2. The number of hydrogen-bond acceptors (Lipinski definition) is 4. The predicted octanol–water partition coefficient (Wildman–Crippen LogP) is 1.97. The monoisotopic (exact) mass is 477 g/mol. The van der Waals surface area contributed by atoms with E-state index < -0.39 is 0 Å². The molecule has 1 saturated heterocycles. The molecule has 3 N–H and O–H groups in total. The quantitative estimate of drug-likeness (QED) is 0.231. The van der Waals surface area contributed by atoms with E-state index >= 15 is 0 Å². The normalized spacial score (nSPS) is 16.2. The van der Waals surface area contributed by atoms with E-state index in [1.54, 1.807) is 13.3 Å². The lowest BCUT2D eigenvalue weighted by molar-refractivity contribution is -0.123. The third kappa shape index (κ3) is 7.14. The van der Waals surface area contributed by atoms with Crippen molar-refractivity contribution in [3.8, 4) is 0 Å². The first-order valence-corrected chi connectivity index (χ1v) is 9.11. The van der Waals surface area contributed by atoms with Crippen molar-refractivity contribution in [2.24, 2.45) is 10.9 Å². The molecule has 1 fully saturated rings. The lowest BCUT2D eigenvalue weighted by atomic mass is 10.2. The van der Waals surface area contributed by atoms with E-state index in [9.17, 15) is 4.79 Å². The second-order valence-electron chi connectivity index (χ2n) is 6.60. The molecule has 148 valence electrons. The number of carbonyl (C=O) groups excluding carboxylic acids is 1. The lowest BCUT2D eigenvalue weighted by Crippen LogP contribution is -2.45. The molecule has 1 amide bonds. The number of amides is 1. The Balaban J connectivity index is 0.00000338. The Morgan fingerprint density at radius 3 is 2.50 bits per heavy atom. The summed E-state index contributed by atoms with van der Waals surface area (Å²) in [6.07, 6.45) is 4.20. The van der Waals surface area contributed by atoms with Crippen LogP contribution in [0.5, 0.6) is 0 Å². The number of furan rings is 1. The third-order valence-electron chi connectivity index (χ3n) is 4.38. The van der Waals surface area contributed by atoms with Crippen LogP contribution in [0.4, 0.5) is 0 Å². The molecule has 1 atom stereocenters. The van der Waals surface area contributed by atoms with Gasteiger partial charge in [-0.1, -0.05) is 13.8 Å². The van der Waals surface area contributed by atoms with Crippen LogP contribution in [0.3, 0.4) is 0 Å². The molecule has 8 heteroatoms. The summed E-state index contributed by atoms with van der Waals surface area (Å²) in [7, 11) is 1.75. The summed E-state index contributed by atoms with van der Waals surface area (Å²) in [4.78, 5) is 18.2. The van der Waals surface area contributed by atoms with Crippen LogP contribution in [-0.2, 0) is 4.79 Å². The van der Waals surface area contributed by atoms with Crippen molar-refractivity contribution >= 4 is 35.8 Å². The fourth-order valence-corrected chi connectivity index (χ4v) is 2.93. The Morgan fingerprint density at radius 2 is 1.92 bits per heavy atom. The highest BCUT2D eigenvalue weighted by Gasteiger charge is 2.25. The molecule has 0 aromatic carbocycles. The topological polar surface area (TPSA) is 81.9 Å². The molecule has 1 aromatic heterocycles. The van der Waals surface area contributed by atoms with Gasteiger partial charge in [0.25, 0.3) is 0 Å². The Bertz CT molecular complexity index is 542. The minimum absolute atomic E-state index is 0. The van der Waals surface area contributed by atoms with Gasteiger partial charge in [-0.25, -0.2) is 0 Å². The molecule has 0 radical (unpaired) electrons. The number of guanidine groups is 1. The van der Waals surface area contributed by atoms with Gasteiger partial charge in [0, 0.05) is 32.6 Å². The van der Waals surface area contributed by atoms with Gasteiger partial charge in [0.05, 0.1) is 12.3 Å². The molecule has 0 saturated carbocycles. The summed E-state index contributed by atoms with van der Waals surface area (Å²) < 4.78 is 5.63. The van der Waals surface area contributed by atoms with Gasteiger partial charge < -0.3 is 20.4 Å². The van der Waals surface area contributed by atoms with Crippen molar-refractivity contribution in [3.05, 3.63) is 24.2 Å². The number of halogens is 1. The summed E-state index contributed by atoms with van der Waals surface area (Å²) in [6, 6.07) is 4.17. The van der Waals surface area contributed by atoms with Crippen molar-refractivity contribution in [1.29, 1.82) is 0 Å². The second-order valence-corrected chi connectivity index (χ2v) is 6.60. The van der Waals surface area contributed by atoms with Crippen LogP contribution in [0.2, 0.25) is 0 Å². The SMILES string of the molecule is CN=C(NCCNC(=O)C(C)C)NCC(c1ccco1)N1CCCC1.I. The van der Waals surface area contributed by atoms with E-state index in [1.807, 2.05) is 26.0 Å². The highest BCUT2D eigenvalue weighted by atomic mass is 127. The summed E-state index contributed by atoms with van der Waals surface area (Å²) in [5, 5.41) is 9.49. The number of likely N-dealkylation sites (tertiary alicyclic amines) is 1. The Morgan fingerprint density at radius 1 is 1.23 bits per heavy atom. The van der Waals surface area contributed by atoms with Crippen molar-refractivity contribution in [1.82, 2.24) is 20.9 Å². The first-order chi connectivity index (χ1) is 12.1. The molecule has 2 heterocycles. The first kappa shape index (κ1) is 22.8. The molecule has 7 nitrogen and oxygen atoms in total. The molecule has 1 aliphatic heterocycles.